The Bertz CT molecular complexity index is 2140. The van der Waals surface area contributed by atoms with Gasteiger partial charge in [0.1, 0.15) is 0 Å². The summed E-state index contributed by atoms with van der Waals surface area (Å²) in [7, 11) is 0. The maximum Gasteiger partial charge on any atom is 0.155 e. The molecule has 1 unspecified atom stereocenters. The van der Waals surface area contributed by atoms with Crippen LogP contribution >= 0.6 is 0 Å². The molecule has 0 radical (unpaired) electrons. The summed E-state index contributed by atoms with van der Waals surface area (Å²) in [5.41, 5.74) is 8.17. The molecule has 2 heteroatoms. The molecule has 0 amide bonds. The normalized spacial score (nSPS) is 13.0. The van der Waals surface area contributed by atoms with Gasteiger partial charge in [0.2, 0.25) is 0 Å². The van der Waals surface area contributed by atoms with Crippen molar-refractivity contribution in [3.63, 3.8) is 0 Å². The highest BCUT2D eigenvalue weighted by Crippen LogP contribution is 2.40. The predicted octanol–water partition coefficient (Wildman–Crippen LogP) is 9.51. The summed E-state index contributed by atoms with van der Waals surface area (Å²) in [6.45, 7) is 9.12. The van der Waals surface area contributed by atoms with E-state index in [0.717, 1.165) is 27.4 Å². The van der Waals surface area contributed by atoms with Gasteiger partial charge in [-0.2, -0.15) is 0 Å². The summed E-state index contributed by atoms with van der Waals surface area (Å²) in [6.07, 6.45) is 9.57. The van der Waals surface area contributed by atoms with Crippen LogP contribution < -0.4 is 15.8 Å². The molecule has 1 aromatic heterocycles. The Kier molecular flexibility index (Phi) is 7.30. The maximum atomic E-state index is 5.43. The number of para-hydroxylation sites is 1. The molecule has 1 aliphatic carbocycles. The first-order valence-corrected chi connectivity index (χ1v) is 15.7. The molecule has 1 atom stereocenters. The molecule has 0 fully saturated rings. The van der Waals surface area contributed by atoms with Crippen LogP contribution in [0.15, 0.2) is 121 Å². The van der Waals surface area contributed by atoms with Crippen LogP contribution in [-0.2, 0) is 0 Å². The fourth-order valence-corrected chi connectivity index (χ4v) is 6.63. The van der Waals surface area contributed by atoms with Crippen LogP contribution in [0.3, 0.4) is 0 Å². The minimum atomic E-state index is -0.177. The van der Waals surface area contributed by atoms with E-state index in [1.807, 2.05) is 6.08 Å². The van der Waals surface area contributed by atoms with Crippen molar-refractivity contribution in [1.82, 2.24) is 4.98 Å². The minimum Gasteiger partial charge on any atom is -0.372 e. The van der Waals surface area contributed by atoms with Crippen molar-refractivity contribution in [3.05, 3.63) is 154 Å². The van der Waals surface area contributed by atoms with Gasteiger partial charge in [-0.3, -0.25) is 0 Å². The van der Waals surface area contributed by atoms with E-state index < -0.39 is 0 Å². The van der Waals surface area contributed by atoms with Gasteiger partial charge >= 0.3 is 0 Å². The second-order valence-corrected chi connectivity index (χ2v) is 12.3. The Morgan fingerprint density at radius 3 is 2.09 bits per heavy atom. The van der Waals surface area contributed by atoms with Crippen molar-refractivity contribution in [1.29, 1.82) is 0 Å². The van der Waals surface area contributed by atoms with Crippen molar-refractivity contribution < 1.29 is 0 Å². The average molecular weight is 570 g/mol. The zero-order valence-electron chi connectivity index (χ0n) is 25.8. The summed E-state index contributed by atoms with van der Waals surface area (Å²) in [5, 5.41) is 11.4. The number of fused-ring (bicyclic) bond motifs is 4. The smallest absolute Gasteiger partial charge is 0.155 e. The van der Waals surface area contributed by atoms with Crippen LogP contribution in [-0.4, -0.2) is 4.98 Å². The number of anilines is 1. The number of benzene rings is 5. The second kappa shape index (κ2) is 11.6. The highest BCUT2D eigenvalue weighted by atomic mass is 15.0. The third kappa shape index (κ3) is 4.98. The Morgan fingerprint density at radius 1 is 0.636 bits per heavy atom. The van der Waals surface area contributed by atoms with Gasteiger partial charge in [-0.15, -0.1) is 0 Å². The molecule has 1 aliphatic rings. The Labute approximate surface area is 260 Å². The highest BCUT2D eigenvalue weighted by molar-refractivity contribution is 6.09. The molecule has 5 aromatic carbocycles. The molecule has 0 aliphatic heterocycles. The Balaban J connectivity index is 1.50. The second-order valence-electron chi connectivity index (χ2n) is 12.3. The number of aromatic nitrogens is 1. The first kappa shape index (κ1) is 27.8. The van der Waals surface area contributed by atoms with E-state index in [1.54, 1.807) is 0 Å². The molecule has 2 nitrogen and oxygen atoms in total. The van der Waals surface area contributed by atoms with E-state index in [9.17, 15) is 0 Å². The van der Waals surface area contributed by atoms with Gasteiger partial charge in [0.05, 0.1) is 34.3 Å². The SMILES string of the molecule is CC(C)c1cccc(C(C)C)c1NC(c1cccc(-c2cccc3c2=CC=C[C+]=3)n1)c1cc2ccccc2c2ccccc12. The van der Waals surface area contributed by atoms with E-state index >= 15 is 0 Å². The number of rotatable bonds is 7. The standard InChI is InChI=1S/C42H37N2/c1-27(2)31-21-12-22-32(28(3)4)41(31)44-42(38-26-30-15-6-8-18-34(30)35-19-9-10-20-36(35)38)40-25-13-24-39(43-40)37-23-11-16-29-14-5-7-17-33(29)37/h5-13,15-28,42,44H,1-4H3/q+1. The average Bonchev–Trinajstić information content (AvgIpc) is 3.06. The summed E-state index contributed by atoms with van der Waals surface area (Å²) < 4.78 is 0. The molecule has 0 saturated heterocycles. The molecule has 7 rings (SSSR count). The van der Waals surface area contributed by atoms with Gasteiger partial charge < -0.3 is 5.32 Å². The summed E-state index contributed by atoms with van der Waals surface area (Å²) in [6, 6.07) is 39.3. The van der Waals surface area contributed by atoms with Crippen molar-refractivity contribution in [3.8, 4) is 11.3 Å². The molecular formula is C42H37N2+. The van der Waals surface area contributed by atoms with Crippen LogP contribution in [0, 0.1) is 0 Å². The minimum absolute atomic E-state index is 0.177. The van der Waals surface area contributed by atoms with Gasteiger partial charge in [-0.1, -0.05) is 100 Å². The van der Waals surface area contributed by atoms with E-state index in [1.165, 1.54) is 43.9 Å². The fourth-order valence-electron chi connectivity index (χ4n) is 6.63. The summed E-state index contributed by atoms with van der Waals surface area (Å²) >= 11 is 0. The van der Waals surface area contributed by atoms with Gasteiger partial charge in [0.25, 0.3) is 0 Å². The molecule has 44 heavy (non-hydrogen) atoms. The molecule has 1 heterocycles. The number of hydrogen-bond donors (Lipinski definition) is 1. The number of allylic oxidation sites excluding steroid dienone is 2. The van der Waals surface area contributed by atoms with Crippen molar-refractivity contribution in [2.75, 3.05) is 5.32 Å². The molecule has 1 N–H and O–H groups in total. The molecule has 214 valence electrons. The number of hydrogen-bond acceptors (Lipinski definition) is 2. The van der Waals surface area contributed by atoms with Gasteiger partial charge in [0, 0.05) is 30.0 Å². The van der Waals surface area contributed by atoms with Crippen LogP contribution in [0.4, 0.5) is 5.69 Å². The van der Waals surface area contributed by atoms with E-state index in [2.05, 4.69) is 160 Å². The quantitative estimate of drug-likeness (QED) is 0.153. The van der Waals surface area contributed by atoms with Crippen LogP contribution in [0.25, 0.3) is 45.0 Å². The Hall–Kier alpha value is -5.04. The molecule has 0 bridgehead atoms. The van der Waals surface area contributed by atoms with Crippen molar-refractivity contribution in [2.24, 2.45) is 0 Å². The number of nitrogens with one attached hydrogen (secondary N) is 1. The Morgan fingerprint density at radius 2 is 1.32 bits per heavy atom. The summed E-state index contributed by atoms with van der Waals surface area (Å²) in [4.78, 5) is 5.43. The topological polar surface area (TPSA) is 24.9 Å². The lowest BCUT2D eigenvalue weighted by Gasteiger charge is -2.28. The highest BCUT2D eigenvalue weighted by Gasteiger charge is 2.24. The lowest BCUT2D eigenvalue weighted by Crippen LogP contribution is -2.27. The van der Waals surface area contributed by atoms with Gasteiger partial charge in [-0.05, 0) is 80.4 Å². The molecule has 0 spiro atoms. The summed E-state index contributed by atoms with van der Waals surface area (Å²) in [5.74, 6) is 0.743. The monoisotopic (exact) mass is 569 g/mol. The van der Waals surface area contributed by atoms with E-state index in [0.29, 0.717) is 11.8 Å². The van der Waals surface area contributed by atoms with Crippen LogP contribution in [0.2, 0.25) is 0 Å². The van der Waals surface area contributed by atoms with Gasteiger partial charge in [0.15, 0.2) is 5.22 Å². The molecule has 6 aromatic rings. The molecular weight excluding hydrogens is 532 g/mol. The van der Waals surface area contributed by atoms with Crippen LogP contribution in [0.5, 0.6) is 0 Å². The van der Waals surface area contributed by atoms with E-state index in [-0.39, 0.29) is 6.04 Å². The largest absolute Gasteiger partial charge is 0.372 e. The van der Waals surface area contributed by atoms with Crippen LogP contribution in [0.1, 0.15) is 68.0 Å². The third-order valence-corrected chi connectivity index (χ3v) is 8.82. The number of pyridine rings is 1. The third-order valence-electron chi connectivity index (χ3n) is 8.82. The zero-order chi connectivity index (χ0) is 30.2. The van der Waals surface area contributed by atoms with Crippen molar-refractivity contribution >= 4 is 39.4 Å². The van der Waals surface area contributed by atoms with Gasteiger partial charge in [-0.25, -0.2) is 4.98 Å². The van der Waals surface area contributed by atoms with Crippen molar-refractivity contribution in [2.45, 2.75) is 45.6 Å². The maximum absolute atomic E-state index is 5.43. The first-order valence-electron chi connectivity index (χ1n) is 15.7. The molecule has 0 saturated carbocycles. The fraction of sp³-hybridized carbons (Fsp3) is 0.167. The zero-order valence-corrected chi connectivity index (χ0v) is 25.8. The lowest BCUT2D eigenvalue weighted by atomic mass is 9.89. The first-order chi connectivity index (χ1) is 21.5. The predicted molar refractivity (Wildman–Crippen MR) is 187 cm³/mol. The lowest BCUT2D eigenvalue weighted by molar-refractivity contribution is 0.816. The van der Waals surface area contributed by atoms with E-state index in [4.69, 9.17) is 4.98 Å². The number of nitrogens with zero attached hydrogens (tertiary/aromatic N) is 1.